The molecule has 98 valence electrons. The smallest absolute Gasteiger partial charge is 0.219 e. The van der Waals surface area contributed by atoms with E-state index in [1.165, 1.54) is 0 Å². The van der Waals surface area contributed by atoms with Crippen LogP contribution >= 0.6 is 12.2 Å². The standard InChI is InChI=1S/C15H11N3OS/c16-15(20)11-5-6-14(18-8-11)19-12-7-10-3-1-2-4-13(10)17-9-12/h1-9H,(H2,16,20). The van der Waals surface area contributed by atoms with Crippen molar-refractivity contribution in [3.8, 4) is 11.6 Å². The maximum absolute atomic E-state index is 5.66. The number of para-hydroxylation sites is 1. The number of rotatable bonds is 3. The van der Waals surface area contributed by atoms with E-state index in [0.717, 1.165) is 10.9 Å². The second-order valence-electron chi connectivity index (χ2n) is 4.22. The molecule has 0 aliphatic rings. The number of nitrogens with two attached hydrogens (primary N) is 1. The predicted octanol–water partition coefficient (Wildman–Crippen LogP) is 3.06. The Bertz CT molecular complexity index is 771. The van der Waals surface area contributed by atoms with Crippen LogP contribution in [0, 0.1) is 0 Å². The predicted molar refractivity (Wildman–Crippen MR) is 81.9 cm³/mol. The first-order valence-corrected chi connectivity index (χ1v) is 6.42. The van der Waals surface area contributed by atoms with E-state index in [1.54, 1.807) is 24.5 Å². The van der Waals surface area contributed by atoms with Gasteiger partial charge in [-0.25, -0.2) is 4.98 Å². The molecule has 5 heteroatoms. The molecule has 0 radical (unpaired) electrons. The average molecular weight is 281 g/mol. The van der Waals surface area contributed by atoms with E-state index >= 15 is 0 Å². The van der Waals surface area contributed by atoms with Gasteiger partial charge in [-0.1, -0.05) is 30.4 Å². The summed E-state index contributed by atoms with van der Waals surface area (Å²) in [4.78, 5) is 8.80. The van der Waals surface area contributed by atoms with Gasteiger partial charge in [0.05, 0.1) is 11.7 Å². The summed E-state index contributed by atoms with van der Waals surface area (Å²) in [5.74, 6) is 1.11. The minimum atomic E-state index is 0.316. The molecule has 0 bridgehead atoms. The molecule has 0 amide bonds. The third-order valence-corrected chi connectivity index (χ3v) is 3.04. The summed E-state index contributed by atoms with van der Waals surface area (Å²) in [6, 6.07) is 13.3. The molecule has 2 heterocycles. The van der Waals surface area contributed by atoms with Crippen molar-refractivity contribution in [2.45, 2.75) is 0 Å². The number of pyridine rings is 2. The fraction of sp³-hybridized carbons (Fsp3) is 0. The molecular weight excluding hydrogens is 270 g/mol. The quantitative estimate of drug-likeness (QED) is 0.748. The topological polar surface area (TPSA) is 61.0 Å². The summed E-state index contributed by atoms with van der Waals surface area (Å²) in [6.45, 7) is 0. The van der Waals surface area contributed by atoms with Crippen molar-refractivity contribution in [1.82, 2.24) is 9.97 Å². The molecule has 3 rings (SSSR count). The fourth-order valence-electron chi connectivity index (χ4n) is 1.81. The molecule has 0 atom stereocenters. The number of ether oxygens (including phenoxy) is 1. The summed E-state index contributed by atoms with van der Waals surface area (Å²) in [6.07, 6.45) is 3.26. The van der Waals surface area contributed by atoms with Gasteiger partial charge >= 0.3 is 0 Å². The van der Waals surface area contributed by atoms with Crippen LogP contribution in [0.1, 0.15) is 5.56 Å². The highest BCUT2D eigenvalue weighted by molar-refractivity contribution is 7.80. The van der Waals surface area contributed by atoms with Gasteiger partial charge in [0.1, 0.15) is 10.7 Å². The third-order valence-electron chi connectivity index (χ3n) is 2.81. The van der Waals surface area contributed by atoms with E-state index < -0.39 is 0 Å². The number of benzene rings is 1. The van der Waals surface area contributed by atoms with Crippen LogP contribution in [0.5, 0.6) is 11.6 Å². The molecule has 3 aromatic rings. The van der Waals surface area contributed by atoms with E-state index in [9.17, 15) is 0 Å². The molecule has 20 heavy (non-hydrogen) atoms. The molecule has 0 spiro atoms. The van der Waals surface area contributed by atoms with E-state index in [2.05, 4.69) is 9.97 Å². The Morgan fingerprint density at radius 3 is 2.65 bits per heavy atom. The molecule has 0 saturated carbocycles. The SMILES string of the molecule is NC(=S)c1ccc(Oc2cnc3ccccc3c2)nc1. The molecule has 0 aliphatic carbocycles. The minimum absolute atomic E-state index is 0.316. The highest BCUT2D eigenvalue weighted by Crippen LogP contribution is 2.22. The van der Waals surface area contributed by atoms with Gasteiger partial charge in [-0.05, 0) is 18.2 Å². The third kappa shape index (κ3) is 2.57. The molecule has 2 aromatic heterocycles. The van der Waals surface area contributed by atoms with Crippen molar-refractivity contribution >= 4 is 28.1 Å². The maximum Gasteiger partial charge on any atom is 0.219 e. The lowest BCUT2D eigenvalue weighted by atomic mass is 10.2. The van der Waals surface area contributed by atoms with Crippen LogP contribution in [0.3, 0.4) is 0 Å². The summed E-state index contributed by atoms with van der Waals surface area (Å²) in [5.41, 5.74) is 7.16. The minimum Gasteiger partial charge on any atom is -0.437 e. The van der Waals surface area contributed by atoms with Crippen molar-refractivity contribution in [1.29, 1.82) is 0 Å². The van der Waals surface area contributed by atoms with Gasteiger partial charge in [0.25, 0.3) is 0 Å². The Morgan fingerprint density at radius 2 is 1.90 bits per heavy atom. The van der Waals surface area contributed by atoms with Crippen molar-refractivity contribution in [3.63, 3.8) is 0 Å². The van der Waals surface area contributed by atoms with E-state index in [4.69, 9.17) is 22.7 Å². The Hall–Kier alpha value is -2.53. The molecule has 2 N–H and O–H groups in total. The first-order chi connectivity index (χ1) is 9.72. The van der Waals surface area contributed by atoms with E-state index in [1.807, 2.05) is 30.3 Å². The summed E-state index contributed by atoms with van der Waals surface area (Å²) in [7, 11) is 0. The highest BCUT2D eigenvalue weighted by Gasteiger charge is 2.02. The Morgan fingerprint density at radius 1 is 1.05 bits per heavy atom. The van der Waals surface area contributed by atoms with Gasteiger partial charge in [0.15, 0.2) is 0 Å². The number of fused-ring (bicyclic) bond motifs is 1. The Kier molecular flexibility index (Phi) is 3.26. The van der Waals surface area contributed by atoms with E-state index in [-0.39, 0.29) is 0 Å². The normalized spacial score (nSPS) is 10.4. The van der Waals surface area contributed by atoms with Crippen molar-refractivity contribution in [3.05, 3.63) is 60.4 Å². The largest absolute Gasteiger partial charge is 0.437 e. The molecule has 0 fully saturated rings. The zero-order chi connectivity index (χ0) is 13.9. The zero-order valence-electron chi connectivity index (χ0n) is 10.5. The second-order valence-corrected chi connectivity index (χ2v) is 4.65. The van der Waals surface area contributed by atoms with Gasteiger partial charge in [-0.2, -0.15) is 0 Å². The molecule has 0 unspecified atom stereocenters. The first kappa shape index (κ1) is 12.5. The van der Waals surface area contributed by atoms with Crippen LogP contribution in [-0.4, -0.2) is 15.0 Å². The van der Waals surface area contributed by atoms with Crippen LogP contribution in [0.2, 0.25) is 0 Å². The van der Waals surface area contributed by atoms with Crippen LogP contribution in [-0.2, 0) is 0 Å². The van der Waals surface area contributed by atoms with Crippen LogP contribution in [0.15, 0.2) is 54.9 Å². The lowest BCUT2D eigenvalue weighted by Gasteiger charge is -2.06. The van der Waals surface area contributed by atoms with Gasteiger partial charge < -0.3 is 10.5 Å². The second kappa shape index (κ2) is 5.22. The summed E-state index contributed by atoms with van der Waals surface area (Å²) in [5, 5.41) is 1.02. The summed E-state index contributed by atoms with van der Waals surface area (Å²) < 4.78 is 5.66. The summed E-state index contributed by atoms with van der Waals surface area (Å²) >= 11 is 4.87. The molecular formula is C15H11N3OS. The van der Waals surface area contributed by atoms with Gasteiger partial charge in [-0.15, -0.1) is 0 Å². The van der Waals surface area contributed by atoms with Crippen molar-refractivity contribution in [2.75, 3.05) is 0 Å². The highest BCUT2D eigenvalue weighted by atomic mass is 32.1. The molecule has 4 nitrogen and oxygen atoms in total. The number of nitrogens with zero attached hydrogens (tertiary/aromatic N) is 2. The first-order valence-electron chi connectivity index (χ1n) is 6.01. The number of thiocarbonyl (C=S) groups is 1. The Balaban J connectivity index is 1.87. The average Bonchev–Trinajstić information content (AvgIpc) is 2.48. The fourth-order valence-corrected chi connectivity index (χ4v) is 1.93. The van der Waals surface area contributed by atoms with Crippen LogP contribution in [0.4, 0.5) is 0 Å². The number of hydrogen-bond acceptors (Lipinski definition) is 4. The lowest BCUT2D eigenvalue weighted by molar-refractivity contribution is 0.462. The molecule has 1 aromatic carbocycles. The van der Waals surface area contributed by atoms with Crippen LogP contribution in [0.25, 0.3) is 10.9 Å². The van der Waals surface area contributed by atoms with Gasteiger partial charge in [-0.3, -0.25) is 4.98 Å². The van der Waals surface area contributed by atoms with Gasteiger partial charge in [0, 0.05) is 23.2 Å². The lowest BCUT2D eigenvalue weighted by Crippen LogP contribution is -2.09. The Labute approximate surface area is 121 Å². The maximum atomic E-state index is 5.66. The van der Waals surface area contributed by atoms with Crippen molar-refractivity contribution < 1.29 is 4.74 Å². The van der Waals surface area contributed by atoms with E-state index in [0.29, 0.717) is 22.2 Å². The van der Waals surface area contributed by atoms with Crippen LogP contribution < -0.4 is 10.5 Å². The molecule has 0 saturated heterocycles. The van der Waals surface area contributed by atoms with Gasteiger partial charge in [0.2, 0.25) is 5.88 Å². The number of hydrogen-bond donors (Lipinski definition) is 1. The zero-order valence-corrected chi connectivity index (χ0v) is 11.3. The monoisotopic (exact) mass is 281 g/mol. The molecule has 0 aliphatic heterocycles. The van der Waals surface area contributed by atoms with Crippen molar-refractivity contribution in [2.24, 2.45) is 5.73 Å². The number of aromatic nitrogens is 2.